The van der Waals surface area contributed by atoms with Crippen molar-refractivity contribution in [3.05, 3.63) is 40.4 Å². The number of fused-ring (bicyclic) bond motifs is 1. The minimum atomic E-state index is -0.411. The van der Waals surface area contributed by atoms with Gasteiger partial charge in [0.1, 0.15) is 5.82 Å². The van der Waals surface area contributed by atoms with Crippen LogP contribution >= 0.6 is 0 Å². The van der Waals surface area contributed by atoms with Crippen LogP contribution in [-0.4, -0.2) is 22.5 Å². The molecule has 0 aliphatic carbocycles. The molecule has 2 rings (SSSR count). The molecular weight excluding hydrogens is 244 g/mol. The van der Waals surface area contributed by atoms with Crippen LogP contribution in [-0.2, 0) is 0 Å². The van der Waals surface area contributed by atoms with Crippen molar-refractivity contribution in [2.75, 3.05) is 11.9 Å². The van der Waals surface area contributed by atoms with Gasteiger partial charge in [0.15, 0.2) is 0 Å². The second kappa shape index (κ2) is 5.62. The summed E-state index contributed by atoms with van der Waals surface area (Å²) in [6.45, 7) is 2.68. The number of non-ortho nitro benzene ring substituents is 1. The molecule has 0 saturated carbocycles. The van der Waals surface area contributed by atoms with E-state index in [4.69, 9.17) is 5.73 Å². The Hall–Kier alpha value is -2.21. The lowest BCUT2D eigenvalue weighted by Crippen LogP contribution is -2.28. The van der Waals surface area contributed by atoms with E-state index in [0.29, 0.717) is 6.54 Å². The summed E-state index contributed by atoms with van der Waals surface area (Å²) in [5.41, 5.74) is 6.62. The van der Waals surface area contributed by atoms with Crippen LogP contribution in [0.15, 0.2) is 30.3 Å². The third kappa shape index (κ3) is 3.17. The minimum absolute atomic E-state index is 0.0722. The molecule has 0 aliphatic rings. The molecule has 3 N–H and O–H groups in total. The van der Waals surface area contributed by atoms with Crippen molar-refractivity contribution in [1.29, 1.82) is 0 Å². The van der Waals surface area contributed by atoms with E-state index in [1.807, 2.05) is 13.0 Å². The highest BCUT2D eigenvalue weighted by Crippen LogP contribution is 2.20. The van der Waals surface area contributed by atoms with Crippen molar-refractivity contribution in [3.63, 3.8) is 0 Å². The Labute approximate surface area is 110 Å². The smallest absolute Gasteiger partial charge is 0.270 e. The molecule has 0 radical (unpaired) electrons. The summed E-state index contributed by atoms with van der Waals surface area (Å²) < 4.78 is 0. The molecule has 1 atom stereocenters. The summed E-state index contributed by atoms with van der Waals surface area (Å²) in [5, 5.41) is 14.6. The van der Waals surface area contributed by atoms with Crippen LogP contribution in [0.5, 0.6) is 0 Å². The van der Waals surface area contributed by atoms with E-state index < -0.39 is 4.92 Å². The first-order valence-electron chi connectivity index (χ1n) is 6.15. The number of nitrogens with one attached hydrogen (secondary N) is 1. The molecule has 1 unspecified atom stereocenters. The minimum Gasteiger partial charge on any atom is -0.368 e. The van der Waals surface area contributed by atoms with E-state index >= 15 is 0 Å². The number of nitro benzene ring substituents is 1. The second-order valence-electron chi connectivity index (χ2n) is 4.38. The number of nitro groups is 1. The van der Waals surface area contributed by atoms with E-state index in [-0.39, 0.29) is 11.7 Å². The standard InChI is InChI=1S/C13H16N4O2/c1-2-10(14)8-15-13-6-3-9-7-11(17(18)19)4-5-12(9)16-13/h3-7,10H,2,8,14H2,1H3,(H,15,16). The number of anilines is 1. The van der Waals surface area contributed by atoms with Crippen molar-refractivity contribution in [1.82, 2.24) is 4.98 Å². The Morgan fingerprint density at radius 3 is 2.89 bits per heavy atom. The monoisotopic (exact) mass is 260 g/mol. The molecule has 1 aromatic carbocycles. The number of hydrogen-bond acceptors (Lipinski definition) is 5. The van der Waals surface area contributed by atoms with E-state index in [9.17, 15) is 10.1 Å². The van der Waals surface area contributed by atoms with Crippen LogP contribution in [0.2, 0.25) is 0 Å². The van der Waals surface area contributed by atoms with Gasteiger partial charge < -0.3 is 11.1 Å². The number of benzene rings is 1. The van der Waals surface area contributed by atoms with Gasteiger partial charge in [-0.2, -0.15) is 0 Å². The Morgan fingerprint density at radius 1 is 1.42 bits per heavy atom. The maximum absolute atomic E-state index is 10.7. The first-order valence-corrected chi connectivity index (χ1v) is 6.15. The van der Waals surface area contributed by atoms with Gasteiger partial charge in [0, 0.05) is 30.1 Å². The van der Waals surface area contributed by atoms with Gasteiger partial charge in [0.05, 0.1) is 10.4 Å². The van der Waals surface area contributed by atoms with Gasteiger partial charge in [0.2, 0.25) is 0 Å². The highest BCUT2D eigenvalue weighted by molar-refractivity contribution is 5.82. The molecule has 0 fully saturated rings. The largest absolute Gasteiger partial charge is 0.368 e. The molecule has 0 bridgehead atoms. The second-order valence-corrected chi connectivity index (χ2v) is 4.38. The number of aromatic nitrogens is 1. The Bertz CT molecular complexity index is 600. The number of rotatable bonds is 5. The van der Waals surface area contributed by atoms with Gasteiger partial charge in [-0.3, -0.25) is 10.1 Å². The van der Waals surface area contributed by atoms with E-state index in [0.717, 1.165) is 23.1 Å². The summed E-state index contributed by atoms with van der Waals surface area (Å²) in [5.74, 6) is 0.727. The molecule has 19 heavy (non-hydrogen) atoms. The first-order chi connectivity index (χ1) is 9.10. The van der Waals surface area contributed by atoms with Crippen LogP contribution < -0.4 is 11.1 Å². The highest BCUT2D eigenvalue weighted by atomic mass is 16.6. The van der Waals surface area contributed by atoms with Gasteiger partial charge in [-0.15, -0.1) is 0 Å². The van der Waals surface area contributed by atoms with Crippen molar-refractivity contribution in [2.45, 2.75) is 19.4 Å². The molecule has 1 aromatic heterocycles. The Balaban J connectivity index is 2.21. The van der Waals surface area contributed by atoms with E-state index in [2.05, 4.69) is 10.3 Å². The lowest BCUT2D eigenvalue weighted by molar-refractivity contribution is -0.384. The molecule has 100 valence electrons. The molecule has 1 heterocycles. The molecule has 0 saturated heterocycles. The highest BCUT2D eigenvalue weighted by Gasteiger charge is 2.07. The number of nitrogens with two attached hydrogens (primary N) is 1. The summed E-state index contributed by atoms with van der Waals surface area (Å²) in [6, 6.07) is 8.33. The topological polar surface area (TPSA) is 94.1 Å². The van der Waals surface area contributed by atoms with Crippen molar-refractivity contribution >= 4 is 22.4 Å². The summed E-state index contributed by atoms with van der Waals surface area (Å²) in [7, 11) is 0. The zero-order chi connectivity index (χ0) is 13.8. The van der Waals surface area contributed by atoms with E-state index in [1.165, 1.54) is 12.1 Å². The summed E-state index contributed by atoms with van der Waals surface area (Å²) in [4.78, 5) is 14.7. The molecule has 6 nitrogen and oxygen atoms in total. The fourth-order valence-electron chi connectivity index (χ4n) is 1.70. The van der Waals surface area contributed by atoms with Crippen LogP contribution in [0.25, 0.3) is 10.9 Å². The zero-order valence-electron chi connectivity index (χ0n) is 10.7. The quantitative estimate of drug-likeness (QED) is 0.635. The average molecular weight is 260 g/mol. The molecule has 6 heteroatoms. The van der Waals surface area contributed by atoms with Crippen molar-refractivity contribution in [2.24, 2.45) is 5.73 Å². The Morgan fingerprint density at radius 2 is 2.21 bits per heavy atom. The SMILES string of the molecule is CCC(N)CNc1ccc2cc([N+](=O)[O-])ccc2n1. The van der Waals surface area contributed by atoms with Gasteiger partial charge in [-0.05, 0) is 24.6 Å². The fraction of sp³-hybridized carbons (Fsp3) is 0.308. The molecule has 0 amide bonds. The van der Waals surface area contributed by atoms with Crippen molar-refractivity contribution in [3.8, 4) is 0 Å². The normalized spacial score (nSPS) is 12.3. The predicted molar refractivity (Wildman–Crippen MR) is 75.2 cm³/mol. The number of pyridine rings is 1. The third-order valence-electron chi connectivity index (χ3n) is 2.95. The van der Waals surface area contributed by atoms with Crippen LogP contribution in [0.3, 0.4) is 0 Å². The maximum Gasteiger partial charge on any atom is 0.270 e. The van der Waals surface area contributed by atoms with Gasteiger partial charge in [0.25, 0.3) is 5.69 Å². The van der Waals surface area contributed by atoms with Gasteiger partial charge >= 0.3 is 0 Å². The zero-order valence-corrected chi connectivity index (χ0v) is 10.7. The number of hydrogen-bond donors (Lipinski definition) is 2. The fourth-order valence-corrected chi connectivity index (χ4v) is 1.70. The molecular formula is C13H16N4O2. The lowest BCUT2D eigenvalue weighted by Gasteiger charge is -2.11. The molecule has 0 aliphatic heterocycles. The predicted octanol–water partition coefficient (Wildman–Crippen LogP) is 2.29. The molecule has 0 spiro atoms. The number of nitrogens with zero attached hydrogens (tertiary/aromatic N) is 2. The lowest BCUT2D eigenvalue weighted by atomic mass is 10.2. The van der Waals surface area contributed by atoms with Crippen LogP contribution in [0.4, 0.5) is 11.5 Å². The van der Waals surface area contributed by atoms with Crippen LogP contribution in [0.1, 0.15) is 13.3 Å². The van der Waals surface area contributed by atoms with Gasteiger partial charge in [-0.25, -0.2) is 4.98 Å². The first kappa shape index (κ1) is 13.2. The summed E-state index contributed by atoms with van der Waals surface area (Å²) >= 11 is 0. The summed E-state index contributed by atoms with van der Waals surface area (Å²) in [6.07, 6.45) is 0.896. The maximum atomic E-state index is 10.7. The van der Waals surface area contributed by atoms with Crippen molar-refractivity contribution < 1.29 is 4.92 Å². The van der Waals surface area contributed by atoms with E-state index in [1.54, 1.807) is 12.1 Å². The Kier molecular flexibility index (Phi) is 3.91. The third-order valence-corrected chi connectivity index (χ3v) is 2.95. The van der Waals surface area contributed by atoms with Crippen LogP contribution in [0, 0.1) is 10.1 Å². The van der Waals surface area contributed by atoms with Gasteiger partial charge in [-0.1, -0.05) is 6.92 Å². The molecule has 2 aromatic rings. The average Bonchev–Trinajstić information content (AvgIpc) is 2.43.